The van der Waals surface area contributed by atoms with Crippen LogP contribution in [0.25, 0.3) is 5.69 Å². The van der Waals surface area contributed by atoms with Gasteiger partial charge in [-0.25, -0.2) is 4.68 Å². The summed E-state index contributed by atoms with van der Waals surface area (Å²) in [6.07, 6.45) is 4.69. The van der Waals surface area contributed by atoms with E-state index < -0.39 is 11.9 Å². The van der Waals surface area contributed by atoms with E-state index in [2.05, 4.69) is 20.9 Å². The SMILES string of the molecule is O=C1CCC(N2Cc3c(cccc3-n3cc(COC4CCCNC4)nn3)C2=O)C(=O)N1. The Labute approximate surface area is 178 Å². The average molecular weight is 424 g/mol. The molecule has 2 unspecified atom stereocenters. The van der Waals surface area contributed by atoms with Crippen LogP contribution >= 0.6 is 0 Å². The minimum atomic E-state index is -0.644. The molecule has 10 nitrogen and oxygen atoms in total. The fourth-order valence-corrected chi connectivity index (χ4v) is 4.43. The Bertz CT molecular complexity index is 1030. The molecule has 3 amide bonds. The number of piperidine rings is 2. The van der Waals surface area contributed by atoms with Crippen molar-refractivity contribution in [3.8, 4) is 5.69 Å². The van der Waals surface area contributed by atoms with Gasteiger partial charge >= 0.3 is 0 Å². The number of aromatic nitrogens is 3. The van der Waals surface area contributed by atoms with Gasteiger partial charge < -0.3 is 15.0 Å². The molecule has 2 fully saturated rings. The van der Waals surface area contributed by atoms with E-state index in [1.54, 1.807) is 16.8 Å². The van der Waals surface area contributed by atoms with Gasteiger partial charge in [0.05, 0.1) is 24.6 Å². The standard InChI is InChI=1S/C21H24N6O4/c28-19-7-6-18(20(29)23-19)26-11-16-15(21(26)30)4-1-5-17(16)27-10-13(24-25-27)12-31-14-3-2-8-22-9-14/h1,4-5,10,14,18,22H,2-3,6-9,11-12H2,(H,23,28,29). The van der Waals surface area contributed by atoms with Crippen LogP contribution in [0, 0.1) is 0 Å². The van der Waals surface area contributed by atoms with Gasteiger partial charge in [-0.1, -0.05) is 11.3 Å². The topological polar surface area (TPSA) is 118 Å². The molecule has 4 heterocycles. The summed E-state index contributed by atoms with van der Waals surface area (Å²) in [5.74, 6) is -0.927. The second kappa shape index (κ2) is 8.20. The fraction of sp³-hybridized carbons (Fsp3) is 0.476. The van der Waals surface area contributed by atoms with Crippen molar-refractivity contribution in [2.45, 2.75) is 51.0 Å². The maximum Gasteiger partial charge on any atom is 0.255 e. The molecule has 0 bridgehead atoms. The summed E-state index contributed by atoms with van der Waals surface area (Å²) in [6, 6.07) is 4.79. The van der Waals surface area contributed by atoms with Gasteiger partial charge in [-0.15, -0.1) is 5.10 Å². The quantitative estimate of drug-likeness (QED) is 0.663. The minimum Gasteiger partial charge on any atom is -0.370 e. The summed E-state index contributed by atoms with van der Waals surface area (Å²) in [7, 11) is 0. The van der Waals surface area contributed by atoms with Crippen molar-refractivity contribution in [2.24, 2.45) is 0 Å². The molecule has 5 rings (SSSR count). The number of fused-ring (bicyclic) bond motifs is 1. The van der Waals surface area contributed by atoms with Gasteiger partial charge in [-0.3, -0.25) is 19.7 Å². The molecular weight excluding hydrogens is 400 g/mol. The molecule has 0 radical (unpaired) electrons. The Balaban J connectivity index is 1.33. The number of nitrogens with one attached hydrogen (secondary N) is 2. The zero-order valence-electron chi connectivity index (χ0n) is 17.0. The van der Waals surface area contributed by atoms with Crippen LogP contribution in [0.5, 0.6) is 0 Å². The summed E-state index contributed by atoms with van der Waals surface area (Å²) in [4.78, 5) is 38.3. The molecule has 2 aromatic rings. The lowest BCUT2D eigenvalue weighted by atomic mass is 10.0. The average Bonchev–Trinajstić information content (AvgIpc) is 3.38. The van der Waals surface area contributed by atoms with Crippen molar-refractivity contribution in [2.75, 3.05) is 13.1 Å². The third-order valence-corrected chi connectivity index (χ3v) is 6.06. The summed E-state index contributed by atoms with van der Waals surface area (Å²) >= 11 is 0. The number of amides is 3. The molecule has 2 N–H and O–H groups in total. The predicted molar refractivity (Wildman–Crippen MR) is 108 cm³/mol. The molecule has 2 saturated heterocycles. The Morgan fingerprint density at radius 2 is 2.10 bits per heavy atom. The molecular formula is C21H24N6O4. The third kappa shape index (κ3) is 3.84. The number of hydrogen-bond acceptors (Lipinski definition) is 7. The number of carbonyl (C=O) groups excluding carboxylic acids is 3. The molecule has 0 saturated carbocycles. The first-order valence-electron chi connectivity index (χ1n) is 10.6. The number of ether oxygens (including phenoxy) is 1. The summed E-state index contributed by atoms with van der Waals surface area (Å²) in [5, 5.41) is 14.1. The normalized spacial score (nSPS) is 23.7. The Morgan fingerprint density at radius 3 is 2.90 bits per heavy atom. The maximum atomic E-state index is 13.0. The highest BCUT2D eigenvalue weighted by Crippen LogP contribution is 2.31. The van der Waals surface area contributed by atoms with Crippen molar-refractivity contribution in [1.82, 2.24) is 30.5 Å². The Morgan fingerprint density at radius 1 is 1.19 bits per heavy atom. The van der Waals surface area contributed by atoms with E-state index in [4.69, 9.17) is 4.74 Å². The second-order valence-corrected chi connectivity index (χ2v) is 8.14. The van der Waals surface area contributed by atoms with Crippen LogP contribution in [0.1, 0.15) is 47.3 Å². The molecule has 1 aromatic heterocycles. The summed E-state index contributed by atoms with van der Waals surface area (Å²) in [5.41, 5.74) is 2.81. The van der Waals surface area contributed by atoms with Gasteiger partial charge in [0.25, 0.3) is 5.91 Å². The Hall–Kier alpha value is -3.11. The van der Waals surface area contributed by atoms with Crippen molar-refractivity contribution in [1.29, 1.82) is 0 Å². The van der Waals surface area contributed by atoms with E-state index in [0.29, 0.717) is 18.6 Å². The largest absolute Gasteiger partial charge is 0.370 e. The van der Waals surface area contributed by atoms with E-state index in [1.165, 1.54) is 4.90 Å². The van der Waals surface area contributed by atoms with E-state index >= 15 is 0 Å². The van der Waals surface area contributed by atoms with Gasteiger partial charge in [0, 0.05) is 30.6 Å². The highest BCUT2D eigenvalue weighted by molar-refractivity contribution is 6.05. The molecule has 3 aliphatic rings. The van der Waals surface area contributed by atoms with Crippen LogP contribution in [-0.4, -0.2) is 62.9 Å². The lowest BCUT2D eigenvalue weighted by Gasteiger charge is -2.29. The zero-order chi connectivity index (χ0) is 21.4. The Kier molecular flexibility index (Phi) is 5.24. The van der Waals surface area contributed by atoms with Crippen LogP contribution in [0.15, 0.2) is 24.4 Å². The second-order valence-electron chi connectivity index (χ2n) is 8.14. The smallest absolute Gasteiger partial charge is 0.255 e. The minimum absolute atomic E-state index is 0.180. The monoisotopic (exact) mass is 424 g/mol. The van der Waals surface area contributed by atoms with Gasteiger partial charge in [-0.2, -0.15) is 0 Å². The lowest BCUT2D eigenvalue weighted by Crippen LogP contribution is -2.52. The number of imide groups is 1. The summed E-state index contributed by atoms with van der Waals surface area (Å²) in [6.45, 7) is 2.54. The van der Waals surface area contributed by atoms with Gasteiger partial charge in [0.2, 0.25) is 11.8 Å². The molecule has 2 atom stereocenters. The van der Waals surface area contributed by atoms with Crippen molar-refractivity contribution >= 4 is 17.7 Å². The highest BCUT2D eigenvalue weighted by Gasteiger charge is 2.40. The van der Waals surface area contributed by atoms with Crippen LogP contribution in [-0.2, 0) is 27.5 Å². The van der Waals surface area contributed by atoms with Gasteiger partial charge in [-0.05, 0) is 37.9 Å². The predicted octanol–water partition coefficient (Wildman–Crippen LogP) is 0.297. The van der Waals surface area contributed by atoms with Crippen molar-refractivity contribution < 1.29 is 19.1 Å². The van der Waals surface area contributed by atoms with Gasteiger partial charge in [0.15, 0.2) is 0 Å². The number of benzene rings is 1. The molecule has 10 heteroatoms. The van der Waals surface area contributed by atoms with Crippen molar-refractivity contribution in [3.05, 3.63) is 41.2 Å². The first kappa shape index (κ1) is 19.8. The fourth-order valence-electron chi connectivity index (χ4n) is 4.43. The molecule has 0 spiro atoms. The van der Waals surface area contributed by atoms with Crippen molar-refractivity contribution in [3.63, 3.8) is 0 Å². The van der Waals surface area contributed by atoms with Gasteiger partial charge in [0.1, 0.15) is 11.7 Å². The molecule has 162 valence electrons. The van der Waals surface area contributed by atoms with E-state index in [9.17, 15) is 14.4 Å². The molecule has 3 aliphatic heterocycles. The first-order valence-corrected chi connectivity index (χ1v) is 10.6. The highest BCUT2D eigenvalue weighted by atomic mass is 16.5. The van der Waals surface area contributed by atoms with Crippen LogP contribution in [0.2, 0.25) is 0 Å². The van der Waals surface area contributed by atoms with Crippen LogP contribution < -0.4 is 10.6 Å². The number of carbonyl (C=O) groups is 3. The number of hydrogen-bond donors (Lipinski definition) is 2. The summed E-state index contributed by atoms with van der Waals surface area (Å²) < 4.78 is 7.58. The van der Waals surface area contributed by atoms with Crippen LogP contribution in [0.3, 0.4) is 0 Å². The third-order valence-electron chi connectivity index (χ3n) is 6.06. The van der Waals surface area contributed by atoms with E-state index in [1.807, 2.05) is 12.3 Å². The molecule has 31 heavy (non-hydrogen) atoms. The number of nitrogens with zero attached hydrogens (tertiary/aromatic N) is 4. The lowest BCUT2D eigenvalue weighted by molar-refractivity contribution is -0.136. The van der Waals surface area contributed by atoms with Crippen LogP contribution in [0.4, 0.5) is 0 Å². The van der Waals surface area contributed by atoms with E-state index in [-0.39, 0.29) is 30.9 Å². The molecule has 0 aliphatic carbocycles. The first-order chi connectivity index (χ1) is 15.1. The molecule has 1 aromatic carbocycles. The number of rotatable bonds is 5. The zero-order valence-corrected chi connectivity index (χ0v) is 17.0. The maximum absolute atomic E-state index is 13.0. The van der Waals surface area contributed by atoms with E-state index in [0.717, 1.165) is 42.9 Å².